The van der Waals surface area contributed by atoms with Gasteiger partial charge in [0.15, 0.2) is 5.78 Å². The van der Waals surface area contributed by atoms with E-state index >= 15 is 0 Å². The molecule has 1 aromatic heterocycles. The number of unbranched alkanes of at least 4 members (excludes halogenated alkanes) is 1. The lowest BCUT2D eigenvalue weighted by Crippen LogP contribution is -2.45. The second kappa shape index (κ2) is 6.81. The predicted octanol–water partition coefficient (Wildman–Crippen LogP) is 5.36. The number of benzene rings is 1. The number of hydrogen-bond acceptors (Lipinski definition) is 4. The minimum Gasteiger partial charge on any atom is -0.485 e. The Morgan fingerprint density at radius 1 is 1.19 bits per heavy atom. The molecular formula is C23H28O4. The van der Waals surface area contributed by atoms with Crippen LogP contribution in [0.3, 0.4) is 0 Å². The van der Waals surface area contributed by atoms with Crippen molar-refractivity contribution in [1.82, 2.24) is 0 Å². The Labute approximate surface area is 159 Å². The maximum Gasteiger partial charge on any atom is 0.336 e. The van der Waals surface area contributed by atoms with Gasteiger partial charge in [-0.05, 0) is 68.6 Å². The highest BCUT2D eigenvalue weighted by Crippen LogP contribution is 2.47. The molecule has 2 heterocycles. The van der Waals surface area contributed by atoms with E-state index in [1.54, 1.807) is 6.07 Å². The van der Waals surface area contributed by atoms with Crippen LogP contribution in [0.5, 0.6) is 5.75 Å². The number of ketones is 1. The molecule has 0 radical (unpaired) electrons. The number of ether oxygens (including phenoxy) is 1. The number of rotatable bonds is 3. The van der Waals surface area contributed by atoms with E-state index in [4.69, 9.17) is 9.15 Å². The first-order valence-corrected chi connectivity index (χ1v) is 10.2. The second-order valence-electron chi connectivity index (χ2n) is 8.53. The molecule has 1 aromatic carbocycles. The monoisotopic (exact) mass is 368 g/mol. The van der Waals surface area contributed by atoms with Crippen molar-refractivity contribution in [3.8, 4) is 5.75 Å². The third-order valence-electron chi connectivity index (χ3n) is 6.33. The normalized spacial score (nSPS) is 24.9. The highest BCUT2D eigenvalue weighted by Gasteiger charge is 2.44. The van der Waals surface area contributed by atoms with Gasteiger partial charge in [-0.3, -0.25) is 4.79 Å². The molecule has 0 unspecified atom stereocenters. The molecule has 0 saturated heterocycles. The van der Waals surface area contributed by atoms with Crippen molar-refractivity contribution in [3.05, 3.63) is 39.2 Å². The Balaban J connectivity index is 1.91. The first kappa shape index (κ1) is 18.3. The molecule has 0 N–H and O–H groups in total. The smallest absolute Gasteiger partial charge is 0.336 e. The van der Waals surface area contributed by atoms with Gasteiger partial charge >= 0.3 is 5.63 Å². The summed E-state index contributed by atoms with van der Waals surface area (Å²) in [6, 6.07) is 3.40. The molecule has 2 aliphatic rings. The topological polar surface area (TPSA) is 56.5 Å². The molecule has 0 atom stereocenters. The van der Waals surface area contributed by atoms with Crippen LogP contribution in [0.2, 0.25) is 0 Å². The fraction of sp³-hybridized carbons (Fsp3) is 0.565. The van der Waals surface area contributed by atoms with Crippen molar-refractivity contribution < 1.29 is 13.9 Å². The number of carbonyl (C=O) groups is 1. The van der Waals surface area contributed by atoms with Crippen molar-refractivity contribution in [2.75, 3.05) is 0 Å². The lowest BCUT2D eigenvalue weighted by molar-refractivity contribution is 0.00510. The van der Waals surface area contributed by atoms with Gasteiger partial charge < -0.3 is 9.15 Å². The summed E-state index contributed by atoms with van der Waals surface area (Å²) in [6.45, 7) is 6.30. The Kier molecular flexibility index (Phi) is 4.61. The molecule has 0 amide bonds. The summed E-state index contributed by atoms with van der Waals surface area (Å²) in [6.07, 6.45) is 7.27. The summed E-state index contributed by atoms with van der Waals surface area (Å²) in [4.78, 5) is 25.2. The second-order valence-corrected chi connectivity index (χ2v) is 8.53. The Morgan fingerprint density at radius 3 is 2.63 bits per heavy atom. The van der Waals surface area contributed by atoms with E-state index in [-0.39, 0.29) is 11.4 Å². The molecule has 2 aromatic rings. The van der Waals surface area contributed by atoms with Gasteiger partial charge in [-0.1, -0.05) is 20.3 Å². The van der Waals surface area contributed by atoms with E-state index < -0.39 is 5.60 Å². The minimum atomic E-state index is -0.393. The van der Waals surface area contributed by atoms with Crippen molar-refractivity contribution >= 4 is 16.8 Å². The van der Waals surface area contributed by atoms with E-state index in [1.165, 1.54) is 0 Å². The third-order valence-corrected chi connectivity index (χ3v) is 6.33. The summed E-state index contributed by atoms with van der Waals surface area (Å²) in [7, 11) is 0. The van der Waals surface area contributed by atoms with Crippen LogP contribution in [0.15, 0.2) is 21.3 Å². The predicted molar refractivity (Wildman–Crippen MR) is 106 cm³/mol. The van der Waals surface area contributed by atoms with Gasteiger partial charge in [-0.2, -0.15) is 0 Å². The number of Topliss-reactive ketones (excluding diaryl/α,β-unsaturated/α-hetero) is 1. The Bertz CT molecular complexity index is 945. The fourth-order valence-corrected chi connectivity index (χ4v) is 4.71. The summed E-state index contributed by atoms with van der Waals surface area (Å²) >= 11 is 0. The third kappa shape index (κ3) is 3.19. The van der Waals surface area contributed by atoms with Crippen LogP contribution in [0.1, 0.15) is 80.3 Å². The first-order chi connectivity index (χ1) is 12.9. The average molecular weight is 368 g/mol. The van der Waals surface area contributed by atoms with Gasteiger partial charge in [0.25, 0.3) is 0 Å². The van der Waals surface area contributed by atoms with Crippen LogP contribution in [0.25, 0.3) is 11.0 Å². The molecular weight excluding hydrogens is 340 g/mol. The van der Waals surface area contributed by atoms with Crippen LogP contribution in [-0.2, 0) is 6.42 Å². The van der Waals surface area contributed by atoms with E-state index in [2.05, 4.69) is 13.8 Å². The number of hydrogen-bond donors (Lipinski definition) is 0. The van der Waals surface area contributed by atoms with Crippen LogP contribution in [0, 0.1) is 12.8 Å². The van der Waals surface area contributed by atoms with Crippen LogP contribution < -0.4 is 10.4 Å². The fourth-order valence-electron chi connectivity index (χ4n) is 4.71. The lowest BCUT2D eigenvalue weighted by atomic mass is 9.74. The Morgan fingerprint density at radius 2 is 1.93 bits per heavy atom. The molecule has 1 aliphatic carbocycles. The lowest BCUT2D eigenvalue weighted by Gasteiger charge is -2.43. The van der Waals surface area contributed by atoms with Gasteiger partial charge in [-0.15, -0.1) is 0 Å². The van der Waals surface area contributed by atoms with E-state index in [9.17, 15) is 9.59 Å². The zero-order valence-corrected chi connectivity index (χ0v) is 16.5. The van der Waals surface area contributed by atoms with Gasteiger partial charge in [0, 0.05) is 6.07 Å². The minimum absolute atomic E-state index is 0.165. The maximum atomic E-state index is 13.1. The molecule has 144 valence electrons. The molecule has 4 heteroatoms. The molecule has 1 aliphatic heterocycles. The van der Waals surface area contributed by atoms with Crippen LogP contribution >= 0.6 is 0 Å². The highest BCUT2D eigenvalue weighted by atomic mass is 16.5. The van der Waals surface area contributed by atoms with Gasteiger partial charge in [0.1, 0.15) is 16.9 Å². The zero-order valence-electron chi connectivity index (χ0n) is 16.5. The summed E-state index contributed by atoms with van der Waals surface area (Å²) < 4.78 is 12.2. The summed E-state index contributed by atoms with van der Waals surface area (Å²) in [5.74, 6) is 1.51. The Hall–Kier alpha value is -2.10. The zero-order chi connectivity index (χ0) is 19.2. The van der Waals surface area contributed by atoms with E-state index in [0.717, 1.165) is 61.5 Å². The maximum absolute atomic E-state index is 13.1. The van der Waals surface area contributed by atoms with Gasteiger partial charge in [0.05, 0.1) is 17.4 Å². The first-order valence-electron chi connectivity index (χ1n) is 10.2. The average Bonchev–Trinajstić information content (AvgIpc) is 2.61. The largest absolute Gasteiger partial charge is 0.485 e. The van der Waals surface area contributed by atoms with Crippen molar-refractivity contribution in [3.63, 3.8) is 0 Å². The number of fused-ring (bicyclic) bond motifs is 3. The van der Waals surface area contributed by atoms with Crippen LogP contribution in [0.4, 0.5) is 0 Å². The van der Waals surface area contributed by atoms with E-state index in [1.807, 2.05) is 13.0 Å². The molecule has 0 bridgehead atoms. The molecule has 1 spiro atoms. The number of carbonyl (C=O) groups excluding carboxylic acids is 1. The molecule has 1 saturated carbocycles. The van der Waals surface area contributed by atoms with E-state index in [0.29, 0.717) is 29.2 Å². The van der Waals surface area contributed by atoms with Crippen molar-refractivity contribution in [2.45, 2.75) is 77.7 Å². The standard InChI is InChI=1S/C23H28O4/c1-4-5-6-16-12-19(25)26-18-11-15(3)20-17(24)13-23(27-22(20)21(16)18)9-7-14(2)8-10-23/h11-12,14H,4-10,13H2,1-3H3. The SMILES string of the molecule is CCCCc1cc(=O)oc2cc(C)c3c(c12)OC1(CCC(C)CC1)CC3=O. The van der Waals surface area contributed by atoms with Crippen molar-refractivity contribution in [2.24, 2.45) is 5.92 Å². The molecule has 4 rings (SSSR count). The van der Waals surface area contributed by atoms with Gasteiger partial charge in [0.2, 0.25) is 0 Å². The number of aryl methyl sites for hydroxylation is 2. The molecule has 4 nitrogen and oxygen atoms in total. The summed E-state index contributed by atoms with van der Waals surface area (Å²) in [5, 5.41) is 0.828. The van der Waals surface area contributed by atoms with Crippen molar-refractivity contribution in [1.29, 1.82) is 0 Å². The quantitative estimate of drug-likeness (QED) is 0.685. The van der Waals surface area contributed by atoms with Crippen LogP contribution in [-0.4, -0.2) is 11.4 Å². The molecule has 1 fully saturated rings. The summed E-state index contributed by atoms with van der Waals surface area (Å²) in [5.41, 5.74) is 2.26. The van der Waals surface area contributed by atoms with Gasteiger partial charge in [-0.25, -0.2) is 4.79 Å². The molecule has 27 heavy (non-hydrogen) atoms. The highest BCUT2D eigenvalue weighted by molar-refractivity contribution is 6.07.